The number of thiophene rings is 2. The van der Waals surface area contributed by atoms with Gasteiger partial charge in [-0.2, -0.15) is 0 Å². The first-order valence-electron chi connectivity index (χ1n) is 10.7. The van der Waals surface area contributed by atoms with Crippen molar-refractivity contribution >= 4 is 44.7 Å². The maximum absolute atomic E-state index is 12.6. The molecule has 6 nitrogen and oxygen atoms in total. The first kappa shape index (κ1) is 22.1. The highest BCUT2D eigenvalue weighted by atomic mass is 32.2. The molecule has 33 heavy (non-hydrogen) atoms. The molecule has 5 rings (SSSR count). The minimum Gasteiger partial charge on any atom is -0.309 e. The number of hydrogen-bond acceptors (Lipinski definition) is 7. The van der Waals surface area contributed by atoms with Crippen molar-refractivity contribution in [1.29, 1.82) is 0 Å². The van der Waals surface area contributed by atoms with Gasteiger partial charge >= 0.3 is 0 Å². The summed E-state index contributed by atoms with van der Waals surface area (Å²) in [6.07, 6.45) is 1.66. The number of aromatic nitrogens is 5. The molecule has 0 spiro atoms. The lowest BCUT2D eigenvalue weighted by atomic mass is 10.1. The molecule has 1 N–H and O–H groups in total. The fraction of sp³-hybridized carbons (Fsp3) is 0.250. The molecule has 0 amide bonds. The molecule has 0 aliphatic carbocycles. The van der Waals surface area contributed by atoms with Gasteiger partial charge in [-0.15, -0.1) is 32.9 Å². The van der Waals surface area contributed by atoms with E-state index < -0.39 is 0 Å². The Morgan fingerprint density at radius 1 is 1.09 bits per heavy atom. The van der Waals surface area contributed by atoms with Crippen molar-refractivity contribution in [3.05, 3.63) is 90.7 Å². The van der Waals surface area contributed by atoms with Gasteiger partial charge in [0.25, 0.3) is 5.56 Å². The molecule has 0 aliphatic rings. The van der Waals surface area contributed by atoms with Crippen LogP contribution in [0.25, 0.3) is 10.2 Å². The van der Waals surface area contributed by atoms with Gasteiger partial charge in [-0.1, -0.05) is 48.2 Å². The maximum atomic E-state index is 12.6. The smallest absolute Gasteiger partial charge is 0.259 e. The average molecular weight is 494 g/mol. The summed E-state index contributed by atoms with van der Waals surface area (Å²) in [6.45, 7) is 4.80. The van der Waals surface area contributed by atoms with Gasteiger partial charge in [0.15, 0.2) is 5.16 Å². The molecule has 0 saturated carbocycles. The van der Waals surface area contributed by atoms with Gasteiger partial charge in [-0.3, -0.25) is 4.79 Å². The van der Waals surface area contributed by atoms with E-state index in [1.165, 1.54) is 10.4 Å². The molecule has 4 aromatic heterocycles. The Labute approximate surface area is 203 Å². The number of nitrogens with zero attached hydrogens (tertiary/aromatic N) is 4. The van der Waals surface area contributed by atoms with Gasteiger partial charge in [-0.25, -0.2) is 4.98 Å². The van der Waals surface area contributed by atoms with E-state index in [4.69, 9.17) is 4.98 Å². The zero-order chi connectivity index (χ0) is 22.8. The van der Waals surface area contributed by atoms with E-state index in [0.717, 1.165) is 45.6 Å². The summed E-state index contributed by atoms with van der Waals surface area (Å²) in [5.41, 5.74) is 2.23. The number of benzene rings is 1. The summed E-state index contributed by atoms with van der Waals surface area (Å²) in [5.74, 6) is 2.15. The Kier molecular flexibility index (Phi) is 6.43. The van der Waals surface area contributed by atoms with E-state index in [1.807, 2.05) is 19.9 Å². The Bertz CT molecular complexity index is 1430. The number of nitrogens with one attached hydrogen (secondary N) is 1. The summed E-state index contributed by atoms with van der Waals surface area (Å²) in [6, 6.07) is 14.6. The third-order valence-electron chi connectivity index (χ3n) is 5.60. The number of hydrogen-bond donors (Lipinski definition) is 1. The molecule has 1 aromatic carbocycles. The van der Waals surface area contributed by atoms with Crippen LogP contribution in [-0.4, -0.2) is 24.7 Å². The monoisotopic (exact) mass is 493 g/mol. The molecule has 0 radical (unpaired) electrons. The fourth-order valence-corrected chi connectivity index (χ4v) is 6.34. The van der Waals surface area contributed by atoms with Gasteiger partial charge in [-0.05, 0) is 42.8 Å². The van der Waals surface area contributed by atoms with Crippen LogP contribution in [0.1, 0.15) is 32.5 Å². The van der Waals surface area contributed by atoms with Gasteiger partial charge in [0.2, 0.25) is 0 Å². The summed E-state index contributed by atoms with van der Waals surface area (Å²) >= 11 is 4.86. The van der Waals surface area contributed by atoms with E-state index in [1.54, 1.807) is 34.4 Å². The first-order chi connectivity index (χ1) is 16.1. The van der Waals surface area contributed by atoms with E-state index in [2.05, 4.69) is 61.5 Å². The fourth-order valence-electron chi connectivity index (χ4n) is 3.74. The summed E-state index contributed by atoms with van der Waals surface area (Å²) in [5, 5.41) is 12.6. The second-order valence-corrected chi connectivity index (χ2v) is 11.0. The van der Waals surface area contributed by atoms with Crippen LogP contribution in [0.2, 0.25) is 0 Å². The van der Waals surface area contributed by atoms with Crippen LogP contribution >= 0.6 is 34.4 Å². The minimum atomic E-state index is -0.0682. The maximum Gasteiger partial charge on any atom is 0.259 e. The van der Waals surface area contributed by atoms with E-state index >= 15 is 0 Å². The van der Waals surface area contributed by atoms with Crippen molar-refractivity contribution in [3.63, 3.8) is 0 Å². The molecule has 4 heterocycles. The number of aromatic amines is 1. The van der Waals surface area contributed by atoms with Crippen LogP contribution in [0.4, 0.5) is 0 Å². The lowest BCUT2D eigenvalue weighted by Crippen LogP contribution is -2.11. The van der Waals surface area contributed by atoms with Crippen molar-refractivity contribution in [1.82, 2.24) is 24.7 Å². The van der Waals surface area contributed by atoms with Crippen LogP contribution in [0, 0.1) is 13.8 Å². The van der Waals surface area contributed by atoms with E-state index in [-0.39, 0.29) is 5.56 Å². The SMILES string of the molecule is Cc1sc2nc(CSc3nnc(Cc4cccs4)n3CCc3ccccc3)[nH]c(=O)c2c1C. The molecular weight excluding hydrogens is 470 g/mol. The Hall–Kier alpha value is -2.75. The van der Waals surface area contributed by atoms with Crippen LogP contribution in [0.3, 0.4) is 0 Å². The van der Waals surface area contributed by atoms with Gasteiger partial charge < -0.3 is 9.55 Å². The van der Waals surface area contributed by atoms with Crippen molar-refractivity contribution in [2.75, 3.05) is 0 Å². The molecule has 9 heteroatoms. The van der Waals surface area contributed by atoms with Crippen molar-refractivity contribution in [2.45, 2.75) is 44.1 Å². The largest absolute Gasteiger partial charge is 0.309 e. The lowest BCUT2D eigenvalue weighted by molar-refractivity contribution is 0.610. The van der Waals surface area contributed by atoms with Crippen LogP contribution in [0.15, 0.2) is 57.8 Å². The Morgan fingerprint density at radius 2 is 1.94 bits per heavy atom. The molecule has 0 saturated heterocycles. The molecule has 168 valence electrons. The lowest BCUT2D eigenvalue weighted by Gasteiger charge is -2.10. The Balaban J connectivity index is 1.39. The normalized spacial score (nSPS) is 11.5. The number of rotatable bonds is 8. The highest BCUT2D eigenvalue weighted by Gasteiger charge is 2.16. The van der Waals surface area contributed by atoms with Gasteiger partial charge in [0, 0.05) is 22.7 Å². The Morgan fingerprint density at radius 3 is 2.73 bits per heavy atom. The topological polar surface area (TPSA) is 76.5 Å². The van der Waals surface area contributed by atoms with Crippen LogP contribution in [0.5, 0.6) is 0 Å². The zero-order valence-corrected chi connectivity index (χ0v) is 20.8. The van der Waals surface area contributed by atoms with E-state index in [9.17, 15) is 4.79 Å². The molecule has 0 bridgehead atoms. The number of thioether (sulfide) groups is 1. The summed E-state index contributed by atoms with van der Waals surface area (Å²) in [7, 11) is 0. The number of aryl methyl sites for hydroxylation is 3. The minimum absolute atomic E-state index is 0.0682. The highest BCUT2D eigenvalue weighted by molar-refractivity contribution is 7.98. The third kappa shape index (κ3) is 4.80. The molecule has 0 fully saturated rings. The summed E-state index contributed by atoms with van der Waals surface area (Å²) in [4.78, 5) is 23.5. The van der Waals surface area contributed by atoms with Gasteiger partial charge in [0.1, 0.15) is 16.5 Å². The second-order valence-electron chi connectivity index (χ2n) is 7.81. The molecule has 0 aliphatic heterocycles. The van der Waals surface area contributed by atoms with Crippen LogP contribution in [-0.2, 0) is 25.1 Å². The highest BCUT2D eigenvalue weighted by Crippen LogP contribution is 2.27. The predicted octanol–water partition coefficient (Wildman–Crippen LogP) is 5.38. The van der Waals surface area contributed by atoms with Crippen molar-refractivity contribution in [3.8, 4) is 0 Å². The first-order valence-corrected chi connectivity index (χ1v) is 13.4. The molecular formula is C24H23N5OS3. The summed E-state index contributed by atoms with van der Waals surface area (Å²) < 4.78 is 2.20. The number of fused-ring (bicyclic) bond motifs is 1. The average Bonchev–Trinajstić information content (AvgIpc) is 3.53. The standard InChI is InChI=1S/C24H23N5OS3/c1-15-16(2)33-23-21(15)22(30)25-19(26-23)14-32-24-28-27-20(13-18-9-6-12-31-18)29(24)11-10-17-7-4-3-5-8-17/h3-9,12H,10-11,13-14H2,1-2H3,(H,25,26,30). The van der Waals surface area contributed by atoms with Gasteiger partial charge in [0.05, 0.1) is 11.1 Å². The predicted molar refractivity (Wildman–Crippen MR) is 137 cm³/mol. The second kappa shape index (κ2) is 9.62. The third-order valence-corrected chi connectivity index (χ3v) is 8.55. The van der Waals surface area contributed by atoms with Crippen molar-refractivity contribution < 1.29 is 0 Å². The molecule has 0 unspecified atom stereocenters. The zero-order valence-electron chi connectivity index (χ0n) is 18.4. The molecule has 0 atom stereocenters. The van der Waals surface area contributed by atoms with E-state index in [0.29, 0.717) is 17.0 Å². The quantitative estimate of drug-likeness (QED) is 0.294. The van der Waals surface area contributed by atoms with Crippen molar-refractivity contribution in [2.24, 2.45) is 0 Å². The van der Waals surface area contributed by atoms with Crippen LogP contribution < -0.4 is 5.56 Å². The molecule has 5 aromatic rings. The number of H-pyrrole nitrogens is 1.